The maximum atomic E-state index is 12.3. The molecule has 3 amide bonds. The van der Waals surface area contributed by atoms with Gasteiger partial charge in [0.15, 0.2) is 0 Å². The minimum absolute atomic E-state index is 0.127. The van der Waals surface area contributed by atoms with Crippen LogP contribution in [0.3, 0.4) is 0 Å². The molecule has 2 aliphatic rings. The van der Waals surface area contributed by atoms with Crippen molar-refractivity contribution in [1.82, 2.24) is 10.2 Å². The van der Waals surface area contributed by atoms with Crippen LogP contribution in [0.25, 0.3) is 0 Å². The second kappa shape index (κ2) is 9.43. The maximum absolute atomic E-state index is 12.3. The van der Waals surface area contributed by atoms with E-state index in [0.29, 0.717) is 31.7 Å². The first-order chi connectivity index (χ1) is 15.0. The molecule has 2 aromatic carbocycles. The number of imide groups is 1. The molecule has 7 nitrogen and oxygen atoms in total. The van der Waals surface area contributed by atoms with Crippen molar-refractivity contribution in [2.24, 2.45) is 0 Å². The summed E-state index contributed by atoms with van der Waals surface area (Å²) in [5.74, 6) is 0.441. The minimum Gasteiger partial charge on any atom is -0.491 e. The molecule has 3 unspecified atom stereocenters. The molecule has 3 atom stereocenters. The summed E-state index contributed by atoms with van der Waals surface area (Å²) in [6.07, 6.45) is 0.714. The van der Waals surface area contributed by atoms with Crippen molar-refractivity contribution in [3.05, 3.63) is 65.7 Å². The van der Waals surface area contributed by atoms with E-state index in [0.717, 1.165) is 22.9 Å². The Morgan fingerprint density at radius 1 is 1.06 bits per heavy atom. The Morgan fingerprint density at radius 3 is 2.45 bits per heavy atom. The number of carbonyl (C=O) groups excluding carboxylic acids is 3. The highest BCUT2D eigenvalue weighted by molar-refractivity contribution is 8.15. The summed E-state index contributed by atoms with van der Waals surface area (Å²) >= 11 is 1.02. The molecule has 2 aromatic rings. The first-order valence-corrected chi connectivity index (χ1v) is 11.1. The fourth-order valence-corrected chi connectivity index (χ4v) is 4.51. The van der Waals surface area contributed by atoms with Gasteiger partial charge in [0.25, 0.3) is 5.24 Å². The highest BCUT2D eigenvalue weighted by atomic mass is 32.2. The van der Waals surface area contributed by atoms with Gasteiger partial charge < -0.3 is 9.47 Å². The largest absolute Gasteiger partial charge is 0.491 e. The van der Waals surface area contributed by atoms with Gasteiger partial charge in [0.1, 0.15) is 18.5 Å². The van der Waals surface area contributed by atoms with E-state index in [9.17, 15) is 14.4 Å². The molecular formula is C23H24N2O5S. The summed E-state index contributed by atoms with van der Waals surface area (Å²) < 4.78 is 11.4. The summed E-state index contributed by atoms with van der Waals surface area (Å²) in [7, 11) is 0. The average Bonchev–Trinajstić information content (AvgIpc) is 3.28. The van der Waals surface area contributed by atoms with E-state index >= 15 is 0 Å². The van der Waals surface area contributed by atoms with Crippen LogP contribution < -0.4 is 10.1 Å². The van der Waals surface area contributed by atoms with Crippen LogP contribution in [0.4, 0.5) is 9.59 Å². The van der Waals surface area contributed by atoms with Crippen molar-refractivity contribution in [2.45, 2.75) is 37.2 Å². The fourth-order valence-electron chi connectivity index (χ4n) is 3.65. The van der Waals surface area contributed by atoms with Crippen LogP contribution in [0.1, 0.15) is 18.1 Å². The van der Waals surface area contributed by atoms with Gasteiger partial charge in [0.2, 0.25) is 5.91 Å². The third kappa shape index (κ3) is 5.38. The summed E-state index contributed by atoms with van der Waals surface area (Å²) in [4.78, 5) is 36.9. The van der Waals surface area contributed by atoms with Crippen molar-refractivity contribution < 1.29 is 23.9 Å². The molecule has 0 bridgehead atoms. The first kappa shape index (κ1) is 21.2. The predicted octanol–water partition coefficient (Wildman–Crippen LogP) is 3.41. The standard InChI is InChI=1S/C23H24N2O5S/c1-15(25-13-19(30-23(25)28)11-16-5-3-2-4-6-16)14-29-18-9-7-17(8-10-18)12-20-21(26)24-22(27)31-20/h2-10,15,19-20H,11-14H2,1H3,(H,24,26,27). The molecule has 0 saturated carbocycles. The summed E-state index contributed by atoms with van der Waals surface area (Å²) in [5, 5.41) is 1.62. The molecule has 0 spiro atoms. The van der Waals surface area contributed by atoms with Crippen LogP contribution in [0.5, 0.6) is 5.75 Å². The molecule has 162 valence electrons. The molecular weight excluding hydrogens is 416 g/mol. The van der Waals surface area contributed by atoms with Crippen molar-refractivity contribution >= 4 is 29.0 Å². The highest BCUT2D eigenvalue weighted by Crippen LogP contribution is 2.24. The van der Waals surface area contributed by atoms with Crippen LogP contribution in [0, 0.1) is 0 Å². The van der Waals surface area contributed by atoms with E-state index in [4.69, 9.17) is 9.47 Å². The van der Waals surface area contributed by atoms with Gasteiger partial charge in [-0.3, -0.25) is 19.8 Å². The van der Waals surface area contributed by atoms with E-state index in [1.807, 2.05) is 61.5 Å². The van der Waals surface area contributed by atoms with Gasteiger partial charge in [-0.1, -0.05) is 54.2 Å². The van der Waals surface area contributed by atoms with Gasteiger partial charge in [-0.15, -0.1) is 0 Å². The lowest BCUT2D eigenvalue weighted by atomic mass is 10.1. The van der Waals surface area contributed by atoms with Crippen molar-refractivity contribution in [3.8, 4) is 5.75 Å². The number of benzene rings is 2. The number of carbonyl (C=O) groups is 3. The number of cyclic esters (lactones) is 1. The Morgan fingerprint density at radius 2 is 1.77 bits per heavy atom. The third-order valence-corrected chi connectivity index (χ3v) is 6.32. The lowest BCUT2D eigenvalue weighted by molar-refractivity contribution is -0.118. The number of nitrogens with one attached hydrogen (secondary N) is 1. The number of ether oxygens (including phenoxy) is 2. The monoisotopic (exact) mass is 440 g/mol. The SMILES string of the molecule is CC(COc1ccc(CC2SC(=O)NC2=O)cc1)N1CC(Cc2ccccc2)OC1=O. The zero-order valence-electron chi connectivity index (χ0n) is 17.2. The van der Waals surface area contributed by atoms with Gasteiger partial charge in [-0.25, -0.2) is 4.79 Å². The minimum atomic E-state index is -0.385. The number of hydrogen-bond acceptors (Lipinski definition) is 6. The average molecular weight is 441 g/mol. The van der Waals surface area contributed by atoms with Crippen molar-refractivity contribution in [2.75, 3.05) is 13.2 Å². The Labute approximate surface area is 185 Å². The topological polar surface area (TPSA) is 84.9 Å². The molecule has 2 saturated heterocycles. The number of nitrogens with zero attached hydrogens (tertiary/aromatic N) is 1. The van der Waals surface area contributed by atoms with Gasteiger partial charge in [-0.05, 0) is 36.6 Å². The molecule has 4 rings (SSSR count). The molecule has 2 fully saturated rings. The number of thioether (sulfide) groups is 1. The van der Waals surface area contributed by atoms with Crippen LogP contribution in [0.15, 0.2) is 54.6 Å². The number of hydrogen-bond donors (Lipinski definition) is 1. The second-order valence-corrected chi connectivity index (χ2v) is 8.91. The lowest BCUT2D eigenvalue weighted by Gasteiger charge is -2.22. The molecule has 0 radical (unpaired) electrons. The van der Waals surface area contributed by atoms with E-state index < -0.39 is 0 Å². The van der Waals surface area contributed by atoms with Gasteiger partial charge in [0, 0.05) is 6.42 Å². The Balaban J connectivity index is 1.25. The fraction of sp³-hybridized carbons (Fsp3) is 0.348. The highest BCUT2D eigenvalue weighted by Gasteiger charge is 2.34. The van der Waals surface area contributed by atoms with E-state index in [1.54, 1.807) is 4.90 Å². The van der Waals surface area contributed by atoms with Crippen molar-refractivity contribution in [1.29, 1.82) is 0 Å². The predicted molar refractivity (Wildman–Crippen MR) is 117 cm³/mol. The molecule has 0 aliphatic carbocycles. The number of amides is 3. The summed E-state index contributed by atoms with van der Waals surface area (Å²) in [6, 6.07) is 17.3. The van der Waals surface area contributed by atoms with Crippen LogP contribution >= 0.6 is 11.8 Å². The summed E-state index contributed by atoms with van der Waals surface area (Å²) in [6.45, 7) is 2.83. The Bertz CT molecular complexity index is 950. The van der Waals surface area contributed by atoms with E-state index in [1.165, 1.54) is 0 Å². The first-order valence-electron chi connectivity index (χ1n) is 10.2. The molecule has 0 aromatic heterocycles. The van der Waals surface area contributed by atoms with Gasteiger partial charge in [0.05, 0.1) is 17.8 Å². The Kier molecular flexibility index (Phi) is 6.46. The molecule has 1 N–H and O–H groups in total. The van der Waals surface area contributed by atoms with Gasteiger partial charge >= 0.3 is 6.09 Å². The van der Waals surface area contributed by atoms with E-state index in [-0.39, 0.29) is 34.6 Å². The molecule has 2 aliphatic heterocycles. The molecule has 2 heterocycles. The van der Waals surface area contributed by atoms with Gasteiger partial charge in [-0.2, -0.15) is 0 Å². The maximum Gasteiger partial charge on any atom is 0.410 e. The number of rotatable bonds is 8. The Hall–Kier alpha value is -3.00. The second-order valence-electron chi connectivity index (χ2n) is 7.74. The molecule has 8 heteroatoms. The zero-order chi connectivity index (χ0) is 21.8. The van der Waals surface area contributed by atoms with Crippen molar-refractivity contribution in [3.63, 3.8) is 0 Å². The molecule has 31 heavy (non-hydrogen) atoms. The summed E-state index contributed by atoms with van der Waals surface area (Å²) in [5.41, 5.74) is 2.10. The van der Waals surface area contributed by atoms with E-state index in [2.05, 4.69) is 5.32 Å². The smallest absolute Gasteiger partial charge is 0.410 e. The van der Waals surface area contributed by atoms with Crippen LogP contribution in [-0.2, 0) is 22.4 Å². The van der Waals surface area contributed by atoms with Crippen LogP contribution in [0.2, 0.25) is 0 Å². The third-order valence-electron chi connectivity index (χ3n) is 5.34. The zero-order valence-corrected chi connectivity index (χ0v) is 18.0. The lowest BCUT2D eigenvalue weighted by Crippen LogP contribution is -2.38. The quantitative estimate of drug-likeness (QED) is 0.677. The normalized spacial score (nSPS) is 21.7. The van der Waals surface area contributed by atoms with Crippen LogP contribution in [-0.4, -0.2) is 52.7 Å².